The van der Waals surface area contributed by atoms with E-state index in [-0.39, 0.29) is 5.69 Å². The van der Waals surface area contributed by atoms with Gasteiger partial charge in [-0.2, -0.15) is 4.98 Å². The van der Waals surface area contributed by atoms with Gasteiger partial charge in [0.05, 0.1) is 7.11 Å². The fourth-order valence-corrected chi connectivity index (χ4v) is 1.47. The van der Waals surface area contributed by atoms with Gasteiger partial charge in [-0.05, 0) is 23.3 Å². The molecule has 0 unspecified atom stereocenters. The van der Waals surface area contributed by atoms with Crippen LogP contribution in [0.4, 0.5) is 5.82 Å². The Bertz CT molecular complexity index is 598. The van der Waals surface area contributed by atoms with Crippen LogP contribution in [0.2, 0.25) is 0 Å². The van der Waals surface area contributed by atoms with E-state index in [0.717, 1.165) is 5.56 Å². The Balaban J connectivity index is 2.51. The quantitative estimate of drug-likeness (QED) is 0.822. The van der Waals surface area contributed by atoms with Gasteiger partial charge >= 0.3 is 0 Å². The Kier molecular flexibility index (Phi) is 3.09. The van der Waals surface area contributed by atoms with Crippen molar-refractivity contribution in [3.8, 4) is 17.0 Å². The van der Waals surface area contributed by atoms with Crippen molar-refractivity contribution in [2.75, 3.05) is 12.8 Å². The number of rotatable bonds is 3. The van der Waals surface area contributed by atoms with Crippen molar-refractivity contribution in [2.24, 2.45) is 5.73 Å². The predicted octanol–water partition coefficient (Wildman–Crippen LogP) is 0.633. The summed E-state index contributed by atoms with van der Waals surface area (Å²) >= 11 is 0. The molecule has 1 amide bonds. The van der Waals surface area contributed by atoms with Gasteiger partial charge in [-0.25, -0.2) is 0 Å². The minimum Gasteiger partial charge on any atom is -0.481 e. The van der Waals surface area contributed by atoms with E-state index in [2.05, 4.69) is 16.0 Å². The maximum atomic E-state index is 11.0. The van der Waals surface area contributed by atoms with Crippen LogP contribution in [0.1, 0.15) is 10.5 Å². The van der Waals surface area contributed by atoms with Gasteiger partial charge in [0.15, 0.2) is 0 Å². The Morgan fingerprint density at radius 3 is 2.89 bits per heavy atom. The predicted molar refractivity (Wildman–Crippen MR) is 65.8 cm³/mol. The second-order valence-corrected chi connectivity index (χ2v) is 3.52. The average molecular weight is 243 g/mol. The lowest BCUT2D eigenvalue weighted by Gasteiger charge is -2.06. The first-order chi connectivity index (χ1) is 8.60. The molecular formula is C12H11N4O2. The third kappa shape index (κ3) is 2.37. The van der Waals surface area contributed by atoms with Crippen LogP contribution in [0.3, 0.4) is 0 Å². The Hall–Kier alpha value is -2.63. The summed E-state index contributed by atoms with van der Waals surface area (Å²) in [4.78, 5) is 18.8. The highest BCUT2D eigenvalue weighted by Crippen LogP contribution is 2.24. The molecule has 0 aliphatic rings. The molecule has 0 aliphatic carbocycles. The summed E-state index contributed by atoms with van der Waals surface area (Å²) in [6, 6.07) is 7.85. The van der Waals surface area contributed by atoms with E-state index in [9.17, 15) is 4.79 Å². The molecule has 2 rings (SSSR count). The van der Waals surface area contributed by atoms with E-state index in [1.807, 2.05) is 0 Å². The van der Waals surface area contributed by atoms with Gasteiger partial charge in [0.1, 0.15) is 11.5 Å². The topological polar surface area (TPSA) is 104 Å². The van der Waals surface area contributed by atoms with Crippen molar-refractivity contribution < 1.29 is 9.53 Å². The summed E-state index contributed by atoms with van der Waals surface area (Å²) in [5, 5.41) is 0. The number of carbonyl (C=O) groups excluding carboxylic acids is 1. The molecule has 0 aromatic carbocycles. The summed E-state index contributed by atoms with van der Waals surface area (Å²) in [7, 11) is 1.50. The fraction of sp³-hybridized carbons (Fsp3) is 0.0833. The molecule has 2 aromatic rings. The first-order valence-corrected chi connectivity index (χ1v) is 5.10. The van der Waals surface area contributed by atoms with Crippen molar-refractivity contribution in [1.82, 2.24) is 9.97 Å². The Labute approximate surface area is 104 Å². The van der Waals surface area contributed by atoms with Crippen molar-refractivity contribution in [3.05, 3.63) is 36.2 Å². The summed E-state index contributed by atoms with van der Waals surface area (Å²) < 4.78 is 5.02. The second-order valence-electron chi connectivity index (χ2n) is 3.52. The highest BCUT2D eigenvalue weighted by Gasteiger charge is 2.08. The van der Waals surface area contributed by atoms with Gasteiger partial charge < -0.3 is 16.2 Å². The number of methoxy groups -OCH3 is 1. The third-order valence-electron chi connectivity index (χ3n) is 2.27. The number of primary amides is 1. The molecule has 91 valence electrons. The van der Waals surface area contributed by atoms with Crippen LogP contribution in [-0.2, 0) is 0 Å². The third-order valence-corrected chi connectivity index (χ3v) is 2.27. The molecule has 0 fully saturated rings. The van der Waals surface area contributed by atoms with E-state index in [4.69, 9.17) is 16.2 Å². The molecular weight excluding hydrogens is 232 g/mol. The standard InChI is InChI=1S/C12H11N4O2/c1-18-11-6-8(5-10(13)16-11)7-2-3-15-9(4-7)12(14)17/h2-3,5-6H,1H3,(H2,13,16)(H2,14,17). The lowest BCUT2D eigenvalue weighted by atomic mass is 10.1. The molecule has 6 nitrogen and oxygen atoms in total. The monoisotopic (exact) mass is 243 g/mol. The van der Waals surface area contributed by atoms with Crippen LogP contribution in [-0.4, -0.2) is 23.0 Å². The smallest absolute Gasteiger partial charge is 0.267 e. The van der Waals surface area contributed by atoms with Gasteiger partial charge in [0, 0.05) is 18.3 Å². The summed E-state index contributed by atoms with van der Waals surface area (Å²) in [5.41, 5.74) is 12.3. The zero-order valence-electron chi connectivity index (χ0n) is 9.68. The number of ether oxygens (including phenoxy) is 1. The minimum absolute atomic E-state index is 0.0712. The lowest BCUT2D eigenvalue weighted by molar-refractivity contribution is 0.0995. The molecule has 0 aliphatic heterocycles. The number of nitrogens with two attached hydrogens (primary N) is 2. The van der Waals surface area contributed by atoms with Crippen LogP contribution in [0.25, 0.3) is 11.1 Å². The van der Waals surface area contributed by atoms with Crippen LogP contribution in [0.5, 0.6) is 5.88 Å². The van der Waals surface area contributed by atoms with E-state index < -0.39 is 5.91 Å². The van der Waals surface area contributed by atoms with Gasteiger partial charge in [0.2, 0.25) is 5.88 Å². The van der Waals surface area contributed by atoms with Gasteiger partial charge in [-0.3, -0.25) is 9.78 Å². The van der Waals surface area contributed by atoms with E-state index in [0.29, 0.717) is 17.3 Å². The average Bonchev–Trinajstić information content (AvgIpc) is 2.38. The number of nitrogens with zero attached hydrogens (tertiary/aromatic N) is 2. The fourth-order valence-electron chi connectivity index (χ4n) is 1.47. The number of carbonyl (C=O) groups is 1. The molecule has 0 saturated heterocycles. The molecule has 2 heterocycles. The molecule has 0 bridgehead atoms. The molecule has 0 atom stereocenters. The van der Waals surface area contributed by atoms with Gasteiger partial charge in [-0.1, -0.05) is 0 Å². The molecule has 4 N–H and O–H groups in total. The number of amides is 1. The number of anilines is 1. The van der Waals surface area contributed by atoms with Crippen molar-refractivity contribution in [2.45, 2.75) is 0 Å². The number of hydrogen-bond acceptors (Lipinski definition) is 5. The van der Waals surface area contributed by atoms with Gasteiger partial charge in [-0.15, -0.1) is 0 Å². The van der Waals surface area contributed by atoms with E-state index >= 15 is 0 Å². The van der Waals surface area contributed by atoms with E-state index in [1.54, 1.807) is 18.2 Å². The largest absolute Gasteiger partial charge is 0.481 e. The second kappa shape index (κ2) is 4.70. The molecule has 0 spiro atoms. The van der Waals surface area contributed by atoms with Gasteiger partial charge in [0.25, 0.3) is 5.91 Å². The highest BCUT2D eigenvalue weighted by atomic mass is 16.5. The first kappa shape index (κ1) is 11.8. The SMILES string of the molecule is COc1cc(-c2[c]c(C(N)=O)ncc2)cc(N)n1. The Morgan fingerprint density at radius 1 is 1.44 bits per heavy atom. The molecule has 6 heteroatoms. The number of hydrogen-bond donors (Lipinski definition) is 2. The minimum atomic E-state index is -0.633. The molecule has 1 radical (unpaired) electrons. The summed E-state index contributed by atoms with van der Waals surface area (Å²) in [5.74, 6) is 0.0665. The summed E-state index contributed by atoms with van der Waals surface area (Å²) in [6.45, 7) is 0. The van der Waals surface area contributed by atoms with Crippen molar-refractivity contribution in [1.29, 1.82) is 0 Å². The van der Waals surface area contributed by atoms with Crippen LogP contribution in [0, 0.1) is 6.07 Å². The normalized spacial score (nSPS) is 10.1. The van der Waals surface area contributed by atoms with Crippen LogP contribution < -0.4 is 16.2 Å². The zero-order valence-corrected chi connectivity index (χ0v) is 9.68. The van der Waals surface area contributed by atoms with E-state index in [1.165, 1.54) is 13.3 Å². The molecule has 18 heavy (non-hydrogen) atoms. The maximum Gasteiger partial charge on any atom is 0.267 e. The maximum absolute atomic E-state index is 11.0. The summed E-state index contributed by atoms with van der Waals surface area (Å²) in [6.07, 6.45) is 1.48. The Morgan fingerprint density at radius 2 is 2.22 bits per heavy atom. The van der Waals surface area contributed by atoms with Crippen LogP contribution >= 0.6 is 0 Å². The van der Waals surface area contributed by atoms with Crippen molar-refractivity contribution >= 4 is 11.7 Å². The zero-order chi connectivity index (χ0) is 13.1. The number of nitrogen functional groups attached to an aromatic ring is 1. The van der Waals surface area contributed by atoms with Crippen molar-refractivity contribution in [3.63, 3.8) is 0 Å². The molecule has 0 saturated carbocycles. The molecule has 2 aromatic heterocycles. The first-order valence-electron chi connectivity index (χ1n) is 5.10. The van der Waals surface area contributed by atoms with Crippen LogP contribution in [0.15, 0.2) is 24.4 Å². The highest BCUT2D eigenvalue weighted by molar-refractivity contribution is 5.91. The number of aromatic nitrogens is 2. The number of pyridine rings is 2. The lowest BCUT2D eigenvalue weighted by Crippen LogP contribution is -2.13.